The number of benzene rings is 1. The van der Waals surface area contributed by atoms with Gasteiger partial charge < -0.3 is 10.1 Å². The Hall–Kier alpha value is -2.51. The molecule has 1 aliphatic carbocycles. The molecule has 0 saturated heterocycles. The molecular weight excluding hydrogens is 331 g/mol. The van der Waals surface area contributed by atoms with Crippen LogP contribution in [0.2, 0.25) is 0 Å². The molecule has 136 valence electrons. The molecule has 1 aromatic carbocycles. The third-order valence-electron chi connectivity index (χ3n) is 4.49. The molecule has 25 heavy (non-hydrogen) atoms. The van der Waals surface area contributed by atoms with Gasteiger partial charge >= 0.3 is 5.97 Å². The lowest BCUT2D eigenvalue weighted by molar-refractivity contribution is -0.385. The third kappa shape index (κ3) is 4.98. The third-order valence-corrected chi connectivity index (χ3v) is 4.49. The van der Waals surface area contributed by atoms with Crippen LogP contribution in [-0.2, 0) is 9.53 Å². The Balaban J connectivity index is 2.16. The summed E-state index contributed by atoms with van der Waals surface area (Å²) >= 11 is 0. The van der Waals surface area contributed by atoms with Crippen molar-refractivity contribution in [1.82, 2.24) is 5.32 Å². The van der Waals surface area contributed by atoms with Crippen LogP contribution >= 0.6 is 0 Å². The van der Waals surface area contributed by atoms with Crippen molar-refractivity contribution in [3.8, 4) is 0 Å². The first-order valence-electron chi connectivity index (χ1n) is 8.25. The summed E-state index contributed by atoms with van der Waals surface area (Å²) in [6, 6.07) is 1.81. The molecule has 0 aliphatic heterocycles. The van der Waals surface area contributed by atoms with E-state index in [0.717, 1.165) is 44.2 Å². The normalized spacial score (nSPS) is 16.1. The van der Waals surface area contributed by atoms with Crippen LogP contribution in [0.25, 0.3) is 0 Å². The van der Waals surface area contributed by atoms with Gasteiger partial charge in [0.05, 0.1) is 18.1 Å². The lowest BCUT2D eigenvalue weighted by Gasteiger charge is -2.25. The van der Waals surface area contributed by atoms with Gasteiger partial charge in [0.25, 0.3) is 11.6 Å². The monoisotopic (exact) mass is 352 g/mol. The second-order valence-electron chi connectivity index (χ2n) is 6.21. The quantitative estimate of drug-likeness (QED) is 0.482. The number of rotatable bonds is 6. The van der Waals surface area contributed by atoms with Crippen molar-refractivity contribution in [3.63, 3.8) is 0 Å². The van der Waals surface area contributed by atoms with Crippen molar-refractivity contribution >= 4 is 17.6 Å². The minimum Gasteiger partial charge on any atom is -0.467 e. The molecule has 0 heterocycles. The van der Waals surface area contributed by atoms with Crippen LogP contribution in [0.4, 0.5) is 10.1 Å². The van der Waals surface area contributed by atoms with Crippen LogP contribution in [0.15, 0.2) is 18.2 Å². The van der Waals surface area contributed by atoms with Crippen LogP contribution in [0.3, 0.4) is 0 Å². The van der Waals surface area contributed by atoms with E-state index in [0.29, 0.717) is 18.4 Å². The van der Waals surface area contributed by atoms with Crippen LogP contribution in [0.5, 0.6) is 0 Å². The SMILES string of the molecule is COC(=O)[C@H](CC1CCCCC1)NC(=O)c1ccc(F)cc1[N+](=O)[O-]. The van der Waals surface area contributed by atoms with Crippen molar-refractivity contribution < 1.29 is 23.6 Å². The summed E-state index contributed by atoms with van der Waals surface area (Å²) < 4.78 is 18.0. The Labute approximate surface area is 144 Å². The van der Waals surface area contributed by atoms with E-state index in [1.807, 2.05) is 0 Å². The zero-order chi connectivity index (χ0) is 18.4. The molecule has 1 saturated carbocycles. The van der Waals surface area contributed by atoms with Crippen LogP contribution < -0.4 is 5.32 Å². The average Bonchev–Trinajstić information content (AvgIpc) is 2.61. The summed E-state index contributed by atoms with van der Waals surface area (Å²) in [6.07, 6.45) is 5.69. The van der Waals surface area contributed by atoms with E-state index >= 15 is 0 Å². The Morgan fingerprint density at radius 1 is 1.36 bits per heavy atom. The topological polar surface area (TPSA) is 98.5 Å². The summed E-state index contributed by atoms with van der Waals surface area (Å²) in [7, 11) is 1.22. The van der Waals surface area contributed by atoms with Gasteiger partial charge in [0.1, 0.15) is 17.4 Å². The maximum absolute atomic E-state index is 13.2. The molecule has 0 aromatic heterocycles. The molecule has 0 unspecified atom stereocenters. The van der Waals surface area contributed by atoms with E-state index in [-0.39, 0.29) is 5.56 Å². The second kappa shape index (κ2) is 8.55. The molecule has 1 aromatic rings. The number of nitrogens with zero attached hydrogens (tertiary/aromatic N) is 1. The van der Waals surface area contributed by atoms with Crippen LogP contribution in [0.1, 0.15) is 48.9 Å². The molecule has 1 N–H and O–H groups in total. The number of nitro benzene ring substituents is 1. The number of hydrogen-bond donors (Lipinski definition) is 1. The fraction of sp³-hybridized carbons (Fsp3) is 0.529. The number of esters is 1. The summed E-state index contributed by atoms with van der Waals surface area (Å²) in [5.41, 5.74) is -0.928. The van der Waals surface area contributed by atoms with Gasteiger partial charge in [0.15, 0.2) is 0 Å². The Kier molecular flexibility index (Phi) is 6.44. The highest BCUT2D eigenvalue weighted by molar-refractivity contribution is 6.00. The number of ether oxygens (including phenoxy) is 1. The van der Waals surface area contributed by atoms with E-state index in [2.05, 4.69) is 5.32 Å². The first-order chi connectivity index (χ1) is 11.9. The number of nitrogens with one attached hydrogen (secondary N) is 1. The van der Waals surface area contributed by atoms with Crippen molar-refractivity contribution in [1.29, 1.82) is 0 Å². The van der Waals surface area contributed by atoms with Gasteiger partial charge in [0, 0.05) is 0 Å². The Bertz CT molecular complexity index is 658. The van der Waals surface area contributed by atoms with Gasteiger partial charge in [-0.1, -0.05) is 32.1 Å². The maximum Gasteiger partial charge on any atom is 0.328 e. The maximum atomic E-state index is 13.2. The predicted molar refractivity (Wildman–Crippen MR) is 87.5 cm³/mol. The number of halogens is 1. The standard InChI is InChI=1S/C17H21FN2O5/c1-25-17(22)14(9-11-5-3-2-4-6-11)19-16(21)13-8-7-12(18)10-15(13)20(23)24/h7-8,10-11,14H,2-6,9H2,1H3,(H,19,21)/t14-/m0/s1. The smallest absolute Gasteiger partial charge is 0.328 e. The van der Waals surface area contributed by atoms with E-state index in [4.69, 9.17) is 4.74 Å². The Morgan fingerprint density at radius 2 is 2.04 bits per heavy atom. The molecule has 1 aliphatic rings. The number of carbonyl (C=O) groups excluding carboxylic acids is 2. The lowest BCUT2D eigenvalue weighted by Crippen LogP contribution is -2.43. The molecule has 0 radical (unpaired) electrons. The van der Waals surface area contributed by atoms with Crippen LogP contribution in [0, 0.1) is 21.8 Å². The van der Waals surface area contributed by atoms with Gasteiger partial charge in [0.2, 0.25) is 0 Å². The van der Waals surface area contributed by atoms with Crippen molar-refractivity contribution in [2.45, 2.75) is 44.6 Å². The van der Waals surface area contributed by atoms with Crippen molar-refractivity contribution in [2.24, 2.45) is 5.92 Å². The fourth-order valence-corrected chi connectivity index (χ4v) is 3.20. The highest BCUT2D eigenvalue weighted by Crippen LogP contribution is 2.28. The zero-order valence-electron chi connectivity index (χ0n) is 14.0. The van der Waals surface area contributed by atoms with Gasteiger partial charge in [-0.25, -0.2) is 9.18 Å². The molecule has 0 bridgehead atoms. The Morgan fingerprint density at radius 3 is 2.64 bits per heavy atom. The van der Waals surface area contributed by atoms with Crippen LogP contribution in [-0.4, -0.2) is 30.0 Å². The van der Waals surface area contributed by atoms with Gasteiger partial charge in [-0.05, 0) is 24.5 Å². The van der Waals surface area contributed by atoms with E-state index < -0.39 is 34.3 Å². The molecule has 1 atom stereocenters. The van der Waals surface area contributed by atoms with Gasteiger partial charge in [-0.2, -0.15) is 0 Å². The van der Waals surface area contributed by atoms with Crippen molar-refractivity contribution in [2.75, 3.05) is 7.11 Å². The van der Waals surface area contributed by atoms with Crippen molar-refractivity contribution in [3.05, 3.63) is 39.7 Å². The number of amides is 1. The minimum atomic E-state index is -0.884. The fourth-order valence-electron chi connectivity index (χ4n) is 3.20. The zero-order valence-corrected chi connectivity index (χ0v) is 14.0. The number of nitro groups is 1. The highest BCUT2D eigenvalue weighted by atomic mass is 19.1. The molecule has 8 heteroatoms. The number of methoxy groups -OCH3 is 1. The summed E-state index contributed by atoms with van der Waals surface area (Å²) in [4.78, 5) is 34.6. The molecule has 7 nitrogen and oxygen atoms in total. The largest absolute Gasteiger partial charge is 0.467 e. The second-order valence-corrected chi connectivity index (χ2v) is 6.21. The molecule has 0 spiro atoms. The summed E-state index contributed by atoms with van der Waals surface area (Å²) in [5, 5.41) is 13.5. The van der Waals surface area contributed by atoms with E-state index in [9.17, 15) is 24.1 Å². The highest BCUT2D eigenvalue weighted by Gasteiger charge is 2.29. The van der Waals surface area contributed by atoms with Gasteiger partial charge in [-0.15, -0.1) is 0 Å². The first-order valence-corrected chi connectivity index (χ1v) is 8.25. The lowest BCUT2D eigenvalue weighted by atomic mass is 9.84. The molecular formula is C17H21FN2O5. The summed E-state index contributed by atoms with van der Waals surface area (Å²) in [5.74, 6) is -1.90. The minimum absolute atomic E-state index is 0.288. The predicted octanol–water partition coefficient (Wildman–Crippen LogP) is 2.98. The van der Waals surface area contributed by atoms with E-state index in [1.54, 1.807) is 0 Å². The van der Waals surface area contributed by atoms with E-state index in [1.165, 1.54) is 7.11 Å². The summed E-state index contributed by atoms with van der Waals surface area (Å²) in [6.45, 7) is 0. The molecule has 2 rings (SSSR count). The molecule has 1 amide bonds. The first kappa shape index (κ1) is 18.8. The number of hydrogen-bond acceptors (Lipinski definition) is 5. The molecule has 1 fully saturated rings. The average molecular weight is 352 g/mol. The van der Waals surface area contributed by atoms with Gasteiger partial charge in [-0.3, -0.25) is 14.9 Å². The number of carbonyl (C=O) groups is 2.